The smallest absolute Gasteiger partial charge is 0.326 e. The van der Waals surface area contributed by atoms with Gasteiger partial charge in [0, 0.05) is 31.7 Å². The minimum atomic E-state index is -0.583. The number of esters is 1. The maximum atomic E-state index is 12.6. The molecule has 2 rings (SSSR count). The van der Waals surface area contributed by atoms with Gasteiger partial charge in [-0.3, -0.25) is 9.59 Å². The molecule has 0 unspecified atom stereocenters. The number of rotatable bonds is 10. The molecule has 0 aliphatic rings. The van der Waals surface area contributed by atoms with E-state index in [1.54, 1.807) is 49.8 Å². The van der Waals surface area contributed by atoms with E-state index in [9.17, 15) is 9.59 Å². The Morgan fingerprint density at radius 1 is 1.17 bits per heavy atom. The van der Waals surface area contributed by atoms with E-state index < -0.39 is 18.5 Å². The number of anilines is 2. The molecule has 0 atom stereocenters. The molecule has 1 amide bonds. The van der Waals surface area contributed by atoms with Crippen LogP contribution >= 0.6 is 0 Å². The highest BCUT2D eigenvalue weighted by Gasteiger charge is 2.18. The molecule has 2 aromatic rings. The minimum Gasteiger partial charge on any atom is -0.494 e. The Balaban J connectivity index is 1.95. The van der Waals surface area contributed by atoms with Crippen LogP contribution in [0.15, 0.2) is 42.7 Å². The molecule has 0 aliphatic carbocycles. The highest BCUT2D eigenvalue weighted by Crippen LogP contribution is 2.20. The van der Waals surface area contributed by atoms with Gasteiger partial charge in [-0.15, -0.1) is 0 Å². The average molecular weight is 397 g/mol. The average Bonchev–Trinajstić information content (AvgIpc) is 2.74. The molecule has 0 saturated heterocycles. The van der Waals surface area contributed by atoms with Crippen LogP contribution in [0.2, 0.25) is 0 Å². The third kappa shape index (κ3) is 6.77. The van der Waals surface area contributed by atoms with Crippen LogP contribution in [0.3, 0.4) is 0 Å². The normalized spacial score (nSPS) is 9.97. The van der Waals surface area contributed by atoms with Gasteiger partial charge in [0.1, 0.15) is 12.3 Å². The molecule has 0 aliphatic heterocycles. The molecule has 0 spiro atoms. The first-order chi connectivity index (χ1) is 14.0. The van der Waals surface area contributed by atoms with Crippen LogP contribution in [0.1, 0.15) is 13.3 Å². The van der Waals surface area contributed by atoms with E-state index in [1.165, 1.54) is 9.80 Å². The summed E-state index contributed by atoms with van der Waals surface area (Å²) in [4.78, 5) is 35.7. The van der Waals surface area contributed by atoms with Crippen LogP contribution in [0.4, 0.5) is 11.6 Å². The van der Waals surface area contributed by atoms with Crippen molar-refractivity contribution in [1.82, 2.24) is 9.97 Å². The van der Waals surface area contributed by atoms with Crippen molar-refractivity contribution in [3.8, 4) is 11.8 Å². The van der Waals surface area contributed by atoms with Crippen molar-refractivity contribution in [2.24, 2.45) is 0 Å². The first-order valence-electron chi connectivity index (χ1n) is 9.09. The monoisotopic (exact) mass is 397 g/mol. The van der Waals surface area contributed by atoms with Gasteiger partial charge in [0.15, 0.2) is 6.61 Å². The SMILES string of the molecule is CCOc1ccc(N(CCC#N)C(=O)COC(=O)CN(C)c2ncccn2)cc1. The second-order valence-electron chi connectivity index (χ2n) is 5.95. The molecule has 1 aromatic heterocycles. The van der Waals surface area contributed by atoms with Crippen LogP contribution in [-0.4, -0.2) is 55.2 Å². The number of aromatic nitrogens is 2. The van der Waals surface area contributed by atoms with E-state index in [2.05, 4.69) is 9.97 Å². The molecule has 29 heavy (non-hydrogen) atoms. The Bertz CT molecular complexity index is 836. The Kier molecular flexibility index (Phi) is 8.38. The Labute approximate surface area is 169 Å². The topological polar surface area (TPSA) is 109 Å². The van der Waals surface area contributed by atoms with E-state index in [1.807, 2.05) is 13.0 Å². The zero-order valence-electron chi connectivity index (χ0n) is 16.4. The Morgan fingerprint density at radius 3 is 2.48 bits per heavy atom. The number of carbonyl (C=O) groups excluding carboxylic acids is 2. The van der Waals surface area contributed by atoms with Crippen molar-refractivity contribution < 1.29 is 19.1 Å². The number of hydrogen-bond acceptors (Lipinski definition) is 8. The van der Waals surface area contributed by atoms with Gasteiger partial charge >= 0.3 is 5.97 Å². The van der Waals surface area contributed by atoms with Gasteiger partial charge in [-0.1, -0.05) is 0 Å². The number of nitriles is 1. The Hall–Kier alpha value is -3.67. The maximum absolute atomic E-state index is 12.6. The molecule has 0 N–H and O–H groups in total. The van der Waals surface area contributed by atoms with Gasteiger partial charge in [-0.05, 0) is 37.3 Å². The number of ether oxygens (including phenoxy) is 2. The van der Waals surface area contributed by atoms with E-state index in [0.29, 0.717) is 24.0 Å². The van der Waals surface area contributed by atoms with Crippen molar-refractivity contribution in [1.29, 1.82) is 5.26 Å². The molecule has 152 valence electrons. The van der Waals surface area contributed by atoms with Crippen LogP contribution in [0.25, 0.3) is 0 Å². The zero-order chi connectivity index (χ0) is 21.1. The predicted molar refractivity (Wildman–Crippen MR) is 106 cm³/mol. The lowest BCUT2D eigenvalue weighted by Gasteiger charge is -2.22. The first-order valence-corrected chi connectivity index (χ1v) is 9.09. The molecule has 0 saturated carbocycles. The summed E-state index contributed by atoms with van der Waals surface area (Å²) >= 11 is 0. The third-order valence-corrected chi connectivity index (χ3v) is 3.82. The van der Waals surface area contributed by atoms with E-state index in [4.69, 9.17) is 14.7 Å². The number of carbonyl (C=O) groups is 2. The molecule has 0 fully saturated rings. The van der Waals surface area contributed by atoms with Gasteiger partial charge in [0.05, 0.1) is 19.1 Å². The lowest BCUT2D eigenvalue weighted by molar-refractivity contribution is -0.146. The molecular weight excluding hydrogens is 374 g/mol. The van der Waals surface area contributed by atoms with Crippen LogP contribution in [0.5, 0.6) is 5.75 Å². The fourth-order valence-electron chi connectivity index (χ4n) is 2.47. The summed E-state index contributed by atoms with van der Waals surface area (Å²) in [6, 6.07) is 10.6. The number of amides is 1. The number of nitrogens with zero attached hydrogens (tertiary/aromatic N) is 5. The fraction of sp³-hybridized carbons (Fsp3) is 0.350. The third-order valence-electron chi connectivity index (χ3n) is 3.82. The summed E-state index contributed by atoms with van der Waals surface area (Å²) in [6.07, 6.45) is 3.29. The maximum Gasteiger partial charge on any atom is 0.326 e. The van der Waals surface area contributed by atoms with Gasteiger partial charge in [0.25, 0.3) is 5.91 Å². The van der Waals surface area contributed by atoms with Gasteiger partial charge < -0.3 is 19.3 Å². The molecule has 1 heterocycles. The number of hydrogen-bond donors (Lipinski definition) is 0. The largest absolute Gasteiger partial charge is 0.494 e. The predicted octanol–water partition coefficient (Wildman–Crippen LogP) is 1.80. The van der Waals surface area contributed by atoms with E-state index in [0.717, 1.165) is 0 Å². The van der Waals surface area contributed by atoms with Crippen molar-refractivity contribution in [2.75, 3.05) is 43.2 Å². The van der Waals surface area contributed by atoms with Gasteiger partial charge in [-0.25, -0.2) is 9.97 Å². The highest BCUT2D eigenvalue weighted by molar-refractivity contribution is 5.95. The number of benzene rings is 1. The molecule has 0 radical (unpaired) electrons. The second-order valence-corrected chi connectivity index (χ2v) is 5.95. The van der Waals surface area contributed by atoms with Gasteiger partial charge in [0.2, 0.25) is 5.95 Å². The fourth-order valence-corrected chi connectivity index (χ4v) is 2.47. The summed E-state index contributed by atoms with van der Waals surface area (Å²) in [7, 11) is 1.65. The Morgan fingerprint density at radius 2 is 1.86 bits per heavy atom. The minimum absolute atomic E-state index is 0.0987. The van der Waals surface area contributed by atoms with E-state index >= 15 is 0 Å². The summed E-state index contributed by atoms with van der Waals surface area (Å²) in [5, 5.41) is 8.87. The van der Waals surface area contributed by atoms with Crippen molar-refractivity contribution in [3.05, 3.63) is 42.7 Å². The molecular formula is C20H23N5O4. The summed E-state index contributed by atoms with van der Waals surface area (Å²) in [6.45, 7) is 2.08. The lowest BCUT2D eigenvalue weighted by atomic mass is 10.2. The van der Waals surface area contributed by atoms with Crippen molar-refractivity contribution in [2.45, 2.75) is 13.3 Å². The quantitative estimate of drug-likeness (QED) is 0.559. The van der Waals surface area contributed by atoms with Crippen LogP contribution in [-0.2, 0) is 14.3 Å². The second kappa shape index (κ2) is 11.2. The van der Waals surface area contributed by atoms with Crippen molar-refractivity contribution in [3.63, 3.8) is 0 Å². The lowest BCUT2D eigenvalue weighted by Crippen LogP contribution is -2.37. The molecule has 0 bridgehead atoms. The molecule has 9 nitrogen and oxygen atoms in total. The summed E-state index contributed by atoms with van der Waals surface area (Å²) in [5.41, 5.74) is 0.597. The summed E-state index contributed by atoms with van der Waals surface area (Å²) < 4.78 is 10.5. The van der Waals surface area contributed by atoms with Crippen LogP contribution in [0, 0.1) is 11.3 Å². The van der Waals surface area contributed by atoms with Crippen LogP contribution < -0.4 is 14.5 Å². The number of likely N-dealkylation sites (N-methyl/N-ethyl adjacent to an activating group) is 1. The zero-order valence-corrected chi connectivity index (χ0v) is 16.4. The standard InChI is InChI=1S/C20H23N5O4/c1-3-28-17-8-6-16(7-9-17)25(13-4-10-21)18(26)15-29-19(27)14-24(2)20-22-11-5-12-23-20/h5-9,11-12H,3-4,13-15H2,1-2H3. The molecule has 1 aromatic carbocycles. The van der Waals surface area contributed by atoms with Crippen molar-refractivity contribution >= 4 is 23.5 Å². The summed E-state index contributed by atoms with van der Waals surface area (Å²) in [5.74, 6) is 0.0546. The van der Waals surface area contributed by atoms with E-state index in [-0.39, 0.29) is 19.5 Å². The first kappa shape index (κ1) is 21.6. The van der Waals surface area contributed by atoms with Gasteiger partial charge in [-0.2, -0.15) is 5.26 Å². The molecule has 9 heteroatoms. The highest BCUT2D eigenvalue weighted by atomic mass is 16.5.